The number of aliphatic imine (C=N–C) groups is 1. The van der Waals surface area contributed by atoms with Crippen molar-refractivity contribution in [3.63, 3.8) is 0 Å². The summed E-state index contributed by atoms with van der Waals surface area (Å²) in [6.45, 7) is -0.360. The van der Waals surface area contributed by atoms with Crippen LogP contribution in [0.3, 0.4) is 0 Å². The number of hydrogen-bond donors (Lipinski definition) is 5. The molecule has 29 heavy (non-hydrogen) atoms. The number of hydrogen-bond acceptors (Lipinski definition) is 5. The molecule has 9 nitrogen and oxygen atoms in total. The predicted octanol–water partition coefficient (Wildman–Crippen LogP) is 1.11. The van der Waals surface area contributed by atoms with Gasteiger partial charge in [0.05, 0.1) is 12.2 Å². The highest BCUT2D eigenvalue weighted by Crippen LogP contribution is 2.13. The van der Waals surface area contributed by atoms with Crippen molar-refractivity contribution in [3.8, 4) is 0 Å². The fourth-order valence-corrected chi connectivity index (χ4v) is 2.67. The molecular formula is C19H20BrN5O4. The lowest BCUT2D eigenvalue weighted by Gasteiger charge is -2.15. The van der Waals surface area contributed by atoms with E-state index in [0.717, 1.165) is 10.0 Å². The molecule has 0 radical (unpaired) electrons. The fraction of sp³-hybridized carbons (Fsp3) is 0.158. The number of carbonyl (C=O) groups excluding carboxylic acids is 2. The Morgan fingerprint density at radius 3 is 2.55 bits per heavy atom. The molecule has 6 N–H and O–H groups in total. The van der Waals surface area contributed by atoms with E-state index in [9.17, 15) is 19.5 Å². The highest BCUT2D eigenvalue weighted by molar-refractivity contribution is 9.10. The molecule has 0 saturated heterocycles. The van der Waals surface area contributed by atoms with Crippen LogP contribution in [0.5, 0.6) is 0 Å². The van der Waals surface area contributed by atoms with E-state index in [1.807, 2.05) is 0 Å². The molecule has 0 spiro atoms. The zero-order valence-corrected chi connectivity index (χ0v) is 16.8. The smallest absolute Gasteiger partial charge is 0.326 e. The maximum Gasteiger partial charge on any atom is 0.326 e. The molecule has 0 heterocycles. The Balaban J connectivity index is 1.91. The molecule has 0 aliphatic heterocycles. The normalized spacial score (nSPS) is 11.7. The number of amides is 2. The SMILES string of the molecule is NNC=Nc1cccc(C(=O)NCC(=O)NC(Cc2ccc(Br)cc2)C(=O)O)c1. The van der Waals surface area contributed by atoms with E-state index in [-0.39, 0.29) is 13.0 Å². The maximum absolute atomic E-state index is 12.2. The quantitative estimate of drug-likeness (QED) is 0.163. The van der Waals surface area contributed by atoms with Crippen LogP contribution in [-0.4, -0.2) is 41.8 Å². The Hall–Kier alpha value is -3.24. The summed E-state index contributed by atoms with van der Waals surface area (Å²) in [7, 11) is 0. The summed E-state index contributed by atoms with van der Waals surface area (Å²) < 4.78 is 0.869. The second kappa shape index (κ2) is 10.9. The first-order valence-electron chi connectivity index (χ1n) is 8.52. The minimum atomic E-state index is -1.16. The summed E-state index contributed by atoms with van der Waals surface area (Å²) >= 11 is 3.31. The topological polar surface area (TPSA) is 146 Å². The van der Waals surface area contributed by atoms with Crippen LogP contribution in [0.2, 0.25) is 0 Å². The van der Waals surface area contributed by atoms with Gasteiger partial charge in [-0.25, -0.2) is 15.6 Å². The Morgan fingerprint density at radius 2 is 1.90 bits per heavy atom. The number of nitrogens with two attached hydrogens (primary N) is 1. The van der Waals surface area contributed by atoms with Crippen molar-refractivity contribution >= 4 is 45.7 Å². The van der Waals surface area contributed by atoms with E-state index >= 15 is 0 Å². The van der Waals surface area contributed by atoms with Gasteiger partial charge in [-0.15, -0.1) is 0 Å². The maximum atomic E-state index is 12.2. The summed E-state index contributed by atoms with van der Waals surface area (Å²) in [5.74, 6) is 2.85. The third-order valence-electron chi connectivity index (χ3n) is 3.79. The van der Waals surface area contributed by atoms with E-state index in [0.29, 0.717) is 11.3 Å². The molecule has 2 amide bonds. The molecule has 10 heteroatoms. The Labute approximate surface area is 175 Å². The highest BCUT2D eigenvalue weighted by atomic mass is 79.9. The third kappa shape index (κ3) is 7.35. The fourth-order valence-electron chi connectivity index (χ4n) is 2.40. The molecule has 2 aromatic carbocycles. The second-order valence-corrected chi connectivity index (χ2v) is 6.86. The molecule has 0 aliphatic carbocycles. The van der Waals surface area contributed by atoms with E-state index in [1.54, 1.807) is 42.5 Å². The lowest BCUT2D eigenvalue weighted by Crippen LogP contribution is -2.46. The number of nitrogens with zero attached hydrogens (tertiary/aromatic N) is 1. The average Bonchev–Trinajstić information content (AvgIpc) is 2.71. The summed E-state index contributed by atoms with van der Waals surface area (Å²) in [6, 6.07) is 12.4. The van der Waals surface area contributed by atoms with Gasteiger partial charge in [-0.1, -0.05) is 34.1 Å². The van der Waals surface area contributed by atoms with Gasteiger partial charge in [0.15, 0.2) is 0 Å². The van der Waals surface area contributed by atoms with Gasteiger partial charge >= 0.3 is 5.97 Å². The highest BCUT2D eigenvalue weighted by Gasteiger charge is 2.20. The van der Waals surface area contributed by atoms with E-state index in [4.69, 9.17) is 5.84 Å². The van der Waals surface area contributed by atoms with Crippen LogP contribution in [0.1, 0.15) is 15.9 Å². The number of aliphatic carboxylic acids is 1. The van der Waals surface area contributed by atoms with Crippen molar-refractivity contribution in [2.45, 2.75) is 12.5 Å². The lowest BCUT2D eigenvalue weighted by molar-refractivity contribution is -0.141. The first-order valence-corrected chi connectivity index (χ1v) is 9.32. The molecule has 0 fully saturated rings. The first kappa shape index (κ1) is 22.1. The molecular weight excluding hydrogens is 442 g/mol. The Bertz CT molecular complexity index is 902. The summed E-state index contributed by atoms with van der Waals surface area (Å²) in [5, 5.41) is 14.2. The van der Waals surface area contributed by atoms with Crippen LogP contribution in [0.4, 0.5) is 5.69 Å². The standard InChI is InChI=1S/C19H20BrN5O4/c20-14-6-4-12(5-7-14)8-16(19(28)29)25-17(26)10-22-18(27)13-2-1-3-15(9-13)23-11-24-21/h1-7,9,11,16H,8,10,21H2,(H,22,27)(H,23,24)(H,25,26)(H,28,29). The molecule has 1 atom stereocenters. The molecule has 152 valence electrons. The van der Waals surface area contributed by atoms with Crippen molar-refractivity contribution < 1.29 is 19.5 Å². The van der Waals surface area contributed by atoms with Gasteiger partial charge in [0, 0.05) is 16.5 Å². The van der Waals surface area contributed by atoms with Crippen LogP contribution >= 0.6 is 15.9 Å². The van der Waals surface area contributed by atoms with E-state index in [1.165, 1.54) is 12.4 Å². The number of carboxylic acid groups (broad SMARTS) is 1. The molecule has 0 bridgehead atoms. The lowest BCUT2D eigenvalue weighted by atomic mass is 10.1. The van der Waals surface area contributed by atoms with Crippen molar-refractivity contribution in [2.75, 3.05) is 6.54 Å². The molecule has 0 aromatic heterocycles. The van der Waals surface area contributed by atoms with Gasteiger partial charge in [0.25, 0.3) is 5.91 Å². The third-order valence-corrected chi connectivity index (χ3v) is 4.32. The second-order valence-electron chi connectivity index (χ2n) is 5.95. The van der Waals surface area contributed by atoms with Gasteiger partial charge in [-0.2, -0.15) is 0 Å². The Morgan fingerprint density at radius 1 is 1.17 bits per heavy atom. The molecule has 2 rings (SSSR count). The first-order chi connectivity index (χ1) is 13.9. The molecule has 0 aliphatic rings. The van der Waals surface area contributed by atoms with Crippen molar-refractivity contribution in [1.29, 1.82) is 0 Å². The number of carbonyl (C=O) groups is 3. The van der Waals surface area contributed by atoms with E-state index in [2.05, 4.69) is 37.0 Å². The number of hydrazine groups is 1. The summed E-state index contributed by atoms with van der Waals surface area (Å²) in [6.07, 6.45) is 1.39. The van der Waals surface area contributed by atoms with Crippen LogP contribution in [0.25, 0.3) is 0 Å². The number of benzene rings is 2. The van der Waals surface area contributed by atoms with Crippen molar-refractivity contribution in [1.82, 2.24) is 16.1 Å². The van der Waals surface area contributed by atoms with Gasteiger partial charge in [0.2, 0.25) is 5.91 Å². The predicted molar refractivity (Wildman–Crippen MR) is 112 cm³/mol. The number of rotatable bonds is 9. The minimum Gasteiger partial charge on any atom is -0.480 e. The van der Waals surface area contributed by atoms with Crippen LogP contribution < -0.4 is 21.9 Å². The average molecular weight is 462 g/mol. The largest absolute Gasteiger partial charge is 0.480 e. The minimum absolute atomic E-state index is 0.123. The Kier molecular flexibility index (Phi) is 8.31. The molecule has 1 unspecified atom stereocenters. The number of halogens is 1. The van der Waals surface area contributed by atoms with Crippen LogP contribution in [-0.2, 0) is 16.0 Å². The van der Waals surface area contributed by atoms with Crippen molar-refractivity contribution in [2.24, 2.45) is 10.8 Å². The van der Waals surface area contributed by atoms with Crippen LogP contribution in [0, 0.1) is 0 Å². The van der Waals surface area contributed by atoms with Gasteiger partial charge in [-0.05, 0) is 35.9 Å². The number of nitrogens with one attached hydrogen (secondary N) is 3. The molecule has 2 aromatic rings. The van der Waals surface area contributed by atoms with Crippen molar-refractivity contribution in [3.05, 3.63) is 64.1 Å². The zero-order chi connectivity index (χ0) is 21.2. The summed E-state index contributed by atoms with van der Waals surface area (Å²) in [5.41, 5.74) is 3.82. The van der Waals surface area contributed by atoms with Gasteiger partial charge < -0.3 is 21.2 Å². The van der Waals surface area contributed by atoms with E-state index < -0.39 is 23.8 Å². The molecule has 0 saturated carbocycles. The van der Waals surface area contributed by atoms with Gasteiger partial charge in [0.1, 0.15) is 12.4 Å². The summed E-state index contributed by atoms with van der Waals surface area (Å²) in [4.78, 5) is 39.7. The van der Waals surface area contributed by atoms with Crippen LogP contribution in [0.15, 0.2) is 58.0 Å². The monoisotopic (exact) mass is 461 g/mol. The van der Waals surface area contributed by atoms with Gasteiger partial charge in [-0.3, -0.25) is 9.59 Å². The number of carboxylic acids is 1. The zero-order valence-electron chi connectivity index (χ0n) is 15.3.